The van der Waals surface area contributed by atoms with Crippen LogP contribution in [0.3, 0.4) is 0 Å². The second kappa shape index (κ2) is 10.1. The molecule has 0 fully saturated rings. The Balaban J connectivity index is 1.96. The molecule has 0 bridgehead atoms. The van der Waals surface area contributed by atoms with E-state index in [0.29, 0.717) is 27.1 Å². The lowest BCUT2D eigenvalue weighted by Crippen LogP contribution is -2.15. The van der Waals surface area contributed by atoms with E-state index < -0.39 is 14.9 Å². The molecule has 2 N–H and O–H groups in total. The van der Waals surface area contributed by atoms with Crippen LogP contribution < -0.4 is 14.9 Å². The Kier molecular flexibility index (Phi) is 7.42. The highest BCUT2D eigenvalue weighted by atomic mass is 35.5. The number of methoxy groups -OCH3 is 1. The first-order valence-corrected chi connectivity index (χ1v) is 11.6. The zero-order chi connectivity index (χ0) is 24.2. The average Bonchev–Trinajstić information content (AvgIpc) is 2.79. The van der Waals surface area contributed by atoms with E-state index in [1.165, 1.54) is 31.4 Å². The van der Waals surface area contributed by atoms with Gasteiger partial charge in [-0.15, -0.1) is 0 Å². The van der Waals surface area contributed by atoms with Gasteiger partial charge in [-0.3, -0.25) is 20.3 Å². The molecule has 0 aliphatic carbocycles. The van der Waals surface area contributed by atoms with Crippen LogP contribution in [0.5, 0.6) is 5.75 Å². The molecule has 0 saturated heterocycles. The van der Waals surface area contributed by atoms with Gasteiger partial charge in [0.25, 0.3) is 15.7 Å². The Hall–Kier alpha value is -3.34. The lowest BCUT2D eigenvalue weighted by Gasteiger charge is -2.13. The topological polar surface area (TPSA) is 123 Å². The quantitative estimate of drug-likeness (QED) is 0.233. The number of hydrogen-bond acceptors (Lipinski definition) is 7. The van der Waals surface area contributed by atoms with Gasteiger partial charge in [0.2, 0.25) is 0 Å². The summed E-state index contributed by atoms with van der Waals surface area (Å²) in [5.74, 6) is 0.544. The highest BCUT2D eigenvalue weighted by Crippen LogP contribution is 2.29. The van der Waals surface area contributed by atoms with Crippen LogP contribution in [-0.2, 0) is 10.0 Å². The minimum absolute atomic E-state index is 0.0426. The fourth-order valence-electron chi connectivity index (χ4n) is 2.74. The number of hydrogen-bond donors (Lipinski definition) is 2. The van der Waals surface area contributed by atoms with E-state index in [1.807, 2.05) is 0 Å². The van der Waals surface area contributed by atoms with Gasteiger partial charge < -0.3 is 4.74 Å². The molecule has 3 aromatic carbocycles. The number of rotatable bonds is 8. The molecule has 12 heteroatoms. The lowest BCUT2D eigenvalue weighted by atomic mass is 10.1. The van der Waals surface area contributed by atoms with Crippen molar-refractivity contribution in [3.8, 4) is 5.75 Å². The Morgan fingerprint density at radius 1 is 1.03 bits per heavy atom. The van der Waals surface area contributed by atoms with Gasteiger partial charge in [0.15, 0.2) is 0 Å². The molecule has 3 rings (SSSR count). The minimum Gasteiger partial charge on any atom is -0.497 e. The van der Waals surface area contributed by atoms with Gasteiger partial charge in [-0.2, -0.15) is 5.10 Å². The second-order valence-corrected chi connectivity index (χ2v) is 9.17. The number of benzene rings is 3. The van der Waals surface area contributed by atoms with Crippen molar-refractivity contribution in [3.05, 3.63) is 86.4 Å². The fraction of sp³-hybridized carbons (Fsp3) is 0.0952. The van der Waals surface area contributed by atoms with E-state index >= 15 is 0 Å². The predicted octanol–water partition coefficient (Wildman–Crippen LogP) is 5.55. The Labute approximate surface area is 200 Å². The maximum atomic E-state index is 13.1. The van der Waals surface area contributed by atoms with Crippen molar-refractivity contribution in [2.24, 2.45) is 5.10 Å². The summed E-state index contributed by atoms with van der Waals surface area (Å²) in [5.41, 5.74) is 3.72. The van der Waals surface area contributed by atoms with Crippen LogP contribution in [0.15, 0.2) is 70.7 Å². The molecular weight excluding hydrogens is 491 g/mol. The molecule has 0 radical (unpaired) electrons. The highest BCUT2D eigenvalue weighted by Gasteiger charge is 2.23. The molecule has 33 heavy (non-hydrogen) atoms. The lowest BCUT2D eigenvalue weighted by molar-refractivity contribution is -0.385. The van der Waals surface area contributed by atoms with Crippen molar-refractivity contribution in [2.75, 3.05) is 17.3 Å². The molecule has 9 nitrogen and oxygen atoms in total. The summed E-state index contributed by atoms with van der Waals surface area (Å²) in [6, 6.07) is 14.5. The smallest absolute Gasteiger partial charge is 0.270 e. The molecule has 172 valence electrons. The molecule has 0 aromatic heterocycles. The minimum atomic E-state index is -4.21. The average molecular weight is 509 g/mol. The number of nitrogens with one attached hydrogen (secondary N) is 2. The van der Waals surface area contributed by atoms with Gasteiger partial charge in [-0.05, 0) is 55.0 Å². The zero-order valence-corrected chi connectivity index (χ0v) is 19.7. The molecule has 0 heterocycles. The van der Waals surface area contributed by atoms with Crippen LogP contribution in [0.25, 0.3) is 0 Å². The number of halogens is 2. The Morgan fingerprint density at radius 2 is 1.73 bits per heavy atom. The monoisotopic (exact) mass is 508 g/mol. The van der Waals surface area contributed by atoms with Gasteiger partial charge in [0.05, 0.1) is 33.5 Å². The highest BCUT2D eigenvalue weighted by molar-refractivity contribution is 7.92. The molecule has 0 saturated carbocycles. The molecule has 0 spiro atoms. The van der Waals surface area contributed by atoms with Gasteiger partial charge in [-0.1, -0.05) is 29.3 Å². The molecular formula is C21H18Cl2N4O5S. The van der Waals surface area contributed by atoms with Gasteiger partial charge in [0.1, 0.15) is 10.6 Å². The summed E-state index contributed by atoms with van der Waals surface area (Å²) in [5, 5.41) is 16.2. The maximum Gasteiger partial charge on any atom is 0.270 e. The Morgan fingerprint density at radius 3 is 2.33 bits per heavy atom. The van der Waals surface area contributed by atoms with E-state index in [1.54, 1.807) is 37.3 Å². The third-order valence-corrected chi connectivity index (χ3v) is 6.65. The third-order valence-electron chi connectivity index (χ3n) is 4.49. The van der Waals surface area contributed by atoms with Gasteiger partial charge in [0, 0.05) is 17.8 Å². The summed E-state index contributed by atoms with van der Waals surface area (Å²) < 4.78 is 33.6. The van der Waals surface area contributed by atoms with Crippen molar-refractivity contribution < 1.29 is 18.1 Å². The van der Waals surface area contributed by atoms with Crippen molar-refractivity contribution in [1.29, 1.82) is 0 Å². The van der Waals surface area contributed by atoms with Crippen molar-refractivity contribution in [2.45, 2.75) is 11.8 Å². The second-order valence-electron chi connectivity index (χ2n) is 6.71. The van der Waals surface area contributed by atoms with Crippen molar-refractivity contribution in [3.63, 3.8) is 0 Å². The number of ether oxygens (including phenoxy) is 1. The maximum absolute atomic E-state index is 13.1. The molecule has 0 amide bonds. The summed E-state index contributed by atoms with van der Waals surface area (Å²) in [6.45, 7) is 1.68. The standard InChI is InChI=1S/C21H18Cl2N4O5S/c1-13(14-3-9-18(22)19(23)11-14)24-25-20-10-6-16(27(28)29)12-21(20)33(30,31)26-15-4-7-17(32-2)8-5-15/h3-12,25-26H,1-2H3. The van der Waals surface area contributed by atoms with E-state index in [9.17, 15) is 18.5 Å². The molecule has 0 atom stereocenters. The molecule has 3 aromatic rings. The molecule has 0 unspecified atom stereocenters. The number of nitro benzene ring substituents is 1. The van der Waals surface area contributed by atoms with E-state index in [4.69, 9.17) is 27.9 Å². The van der Waals surface area contributed by atoms with E-state index in [-0.39, 0.29) is 22.0 Å². The number of nitro groups is 1. The fourth-order valence-corrected chi connectivity index (χ4v) is 4.27. The number of sulfonamides is 1. The zero-order valence-electron chi connectivity index (χ0n) is 17.4. The normalized spacial score (nSPS) is 11.7. The molecule has 0 aliphatic rings. The van der Waals surface area contributed by atoms with Crippen LogP contribution in [-0.4, -0.2) is 26.2 Å². The summed E-state index contributed by atoms with van der Waals surface area (Å²) in [6.07, 6.45) is 0. The number of nitrogens with zero attached hydrogens (tertiary/aromatic N) is 2. The summed E-state index contributed by atoms with van der Waals surface area (Å²) in [7, 11) is -2.72. The van der Waals surface area contributed by atoms with E-state index in [0.717, 1.165) is 6.07 Å². The van der Waals surface area contributed by atoms with Crippen LogP contribution in [0, 0.1) is 10.1 Å². The summed E-state index contributed by atoms with van der Waals surface area (Å²) >= 11 is 12.0. The first-order valence-electron chi connectivity index (χ1n) is 9.32. The van der Waals surface area contributed by atoms with E-state index in [2.05, 4.69) is 15.2 Å². The predicted molar refractivity (Wildman–Crippen MR) is 129 cm³/mol. The van der Waals surface area contributed by atoms with Gasteiger partial charge >= 0.3 is 0 Å². The number of non-ortho nitro benzene ring substituents is 1. The van der Waals surface area contributed by atoms with Crippen molar-refractivity contribution in [1.82, 2.24) is 0 Å². The van der Waals surface area contributed by atoms with Gasteiger partial charge in [-0.25, -0.2) is 8.42 Å². The first kappa shape index (κ1) is 24.3. The number of anilines is 2. The first-order chi connectivity index (χ1) is 15.6. The Bertz CT molecular complexity index is 1330. The largest absolute Gasteiger partial charge is 0.497 e. The SMILES string of the molecule is COc1ccc(NS(=O)(=O)c2cc([N+](=O)[O-])ccc2NN=C(C)c2ccc(Cl)c(Cl)c2)cc1. The van der Waals surface area contributed by atoms with Crippen molar-refractivity contribution >= 4 is 56.0 Å². The van der Waals surface area contributed by atoms with Crippen LogP contribution in [0.2, 0.25) is 10.0 Å². The summed E-state index contributed by atoms with van der Waals surface area (Å²) in [4.78, 5) is 10.2. The third kappa shape index (κ3) is 5.92. The molecule has 0 aliphatic heterocycles. The number of hydrazone groups is 1. The van der Waals surface area contributed by atoms with Crippen LogP contribution >= 0.6 is 23.2 Å². The van der Waals surface area contributed by atoms with Crippen LogP contribution in [0.4, 0.5) is 17.1 Å². The van der Waals surface area contributed by atoms with Crippen LogP contribution in [0.1, 0.15) is 12.5 Å².